The van der Waals surface area contributed by atoms with Gasteiger partial charge in [0.25, 0.3) is 5.91 Å². The zero-order valence-corrected chi connectivity index (χ0v) is 11.0. The second-order valence-corrected chi connectivity index (χ2v) is 5.36. The fourth-order valence-corrected chi connectivity index (χ4v) is 1.93. The smallest absolute Gasteiger partial charge is 0.305 e. The largest absolute Gasteiger partial charge is 0.481 e. The van der Waals surface area contributed by atoms with Gasteiger partial charge in [-0.15, -0.1) is 11.3 Å². The van der Waals surface area contributed by atoms with Crippen LogP contribution in [0, 0.1) is 0 Å². The maximum Gasteiger partial charge on any atom is 0.305 e. The fraction of sp³-hybridized carbons (Fsp3) is 0.545. The van der Waals surface area contributed by atoms with Gasteiger partial charge in [0.1, 0.15) is 5.69 Å². The van der Waals surface area contributed by atoms with E-state index in [1.54, 1.807) is 10.9 Å². The molecule has 0 fully saturated rings. The van der Waals surface area contributed by atoms with E-state index in [4.69, 9.17) is 5.11 Å². The van der Waals surface area contributed by atoms with Crippen molar-refractivity contribution in [2.45, 2.75) is 32.7 Å². The van der Waals surface area contributed by atoms with E-state index in [2.05, 4.69) is 4.98 Å². The Balaban J connectivity index is 2.84. The minimum absolute atomic E-state index is 0.0624. The molecule has 1 N–H and O–H groups in total. The summed E-state index contributed by atoms with van der Waals surface area (Å²) < 4.78 is 0. The van der Waals surface area contributed by atoms with Crippen molar-refractivity contribution in [3.05, 3.63) is 16.6 Å². The zero-order chi connectivity index (χ0) is 13.1. The van der Waals surface area contributed by atoms with Crippen LogP contribution in [-0.2, 0) is 4.79 Å². The summed E-state index contributed by atoms with van der Waals surface area (Å²) in [5.41, 5.74) is 1.54. The van der Waals surface area contributed by atoms with Crippen molar-refractivity contribution in [3.63, 3.8) is 0 Å². The molecule has 94 valence electrons. The van der Waals surface area contributed by atoms with Crippen LogP contribution in [-0.4, -0.2) is 39.0 Å². The van der Waals surface area contributed by atoms with E-state index in [-0.39, 0.29) is 18.9 Å². The first-order valence-corrected chi connectivity index (χ1v) is 6.18. The van der Waals surface area contributed by atoms with Crippen LogP contribution in [0.5, 0.6) is 0 Å². The standard InChI is InChI=1S/C11H16N2O3S/c1-11(2,3)13(5-4-9(14)15)10(16)8-6-17-7-12-8/h6-7H,4-5H2,1-3H3,(H,14,15). The molecule has 0 unspecified atom stereocenters. The highest BCUT2D eigenvalue weighted by molar-refractivity contribution is 7.07. The summed E-state index contributed by atoms with van der Waals surface area (Å²) in [6.45, 7) is 5.81. The molecule has 0 aliphatic rings. The van der Waals surface area contributed by atoms with Gasteiger partial charge in [0.15, 0.2) is 0 Å². The molecule has 6 heteroatoms. The summed E-state index contributed by atoms with van der Waals surface area (Å²) in [6, 6.07) is 0. The van der Waals surface area contributed by atoms with Gasteiger partial charge < -0.3 is 10.0 Å². The van der Waals surface area contributed by atoms with E-state index in [0.29, 0.717) is 5.69 Å². The van der Waals surface area contributed by atoms with Crippen molar-refractivity contribution >= 4 is 23.2 Å². The maximum absolute atomic E-state index is 12.1. The van der Waals surface area contributed by atoms with E-state index in [9.17, 15) is 9.59 Å². The number of carboxylic acid groups (broad SMARTS) is 1. The van der Waals surface area contributed by atoms with E-state index in [1.165, 1.54) is 16.2 Å². The number of carbonyl (C=O) groups is 2. The molecule has 0 saturated heterocycles. The monoisotopic (exact) mass is 256 g/mol. The summed E-state index contributed by atoms with van der Waals surface area (Å²) in [4.78, 5) is 28.2. The molecule has 0 bridgehead atoms. The Morgan fingerprint density at radius 2 is 2.12 bits per heavy atom. The topological polar surface area (TPSA) is 70.5 Å². The molecule has 0 spiro atoms. The van der Waals surface area contributed by atoms with Crippen LogP contribution >= 0.6 is 11.3 Å². The minimum Gasteiger partial charge on any atom is -0.481 e. The van der Waals surface area contributed by atoms with Gasteiger partial charge in [-0.25, -0.2) is 4.98 Å². The van der Waals surface area contributed by atoms with Crippen LogP contribution in [0.4, 0.5) is 0 Å². The van der Waals surface area contributed by atoms with Crippen LogP contribution in [0.15, 0.2) is 10.9 Å². The third-order valence-electron chi connectivity index (χ3n) is 2.26. The van der Waals surface area contributed by atoms with E-state index < -0.39 is 11.5 Å². The van der Waals surface area contributed by atoms with Gasteiger partial charge in [-0.3, -0.25) is 9.59 Å². The van der Waals surface area contributed by atoms with E-state index in [1.807, 2.05) is 20.8 Å². The summed E-state index contributed by atoms with van der Waals surface area (Å²) in [5.74, 6) is -1.13. The number of thiazole rings is 1. The Morgan fingerprint density at radius 3 is 2.53 bits per heavy atom. The van der Waals surface area contributed by atoms with Gasteiger partial charge in [-0.2, -0.15) is 0 Å². The number of carbonyl (C=O) groups excluding carboxylic acids is 1. The number of nitrogens with zero attached hydrogens (tertiary/aromatic N) is 2. The van der Waals surface area contributed by atoms with Crippen LogP contribution < -0.4 is 0 Å². The summed E-state index contributed by atoms with van der Waals surface area (Å²) in [5, 5.41) is 10.4. The second kappa shape index (κ2) is 5.27. The molecule has 1 aromatic heterocycles. The van der Waals surface area contributed by atoms with Crippen molar-refractivity contribution in [1.82, 2.24) is 9.88 Å². The molecule has 1 amide bonds. The summed E-state index contributed by atoms with van der Waals surface area (Å²) >= 11 is 1.35. The number of hydrogen-bond donors (Lipinski definition) is 1. The third kappa shape index (κ3) is 3.81. The molecule has 0 atom stereocenters. The maximum atomic E-state index is 12.1. The first kappa shape index (κ1) is 13.6. The highest BCUT2D eigenvalue weighted by Crippen LogP contribution is 2.17. The first-order chi connectivity index (χ1) is 7.82. The zero-order valence-electron chi connectivity index (χ0n) is 10.1. The average molecular weight is 256 g/mol. The highest BCUT2D eigenvalue weighted by atomic mass is 32.1. The molecular weight excluding hydrogens is 240 g/mol. The molecule has 1 aromatic rings. The van der Waals surface area contributed by atoms with Crippen LogP contribution in [0.25, 0.3) is 0 Å². The van der Waals surface area contributed by atoms with Gasteiger partial charge in [0, 0.05) is 17.5 Å². The molecule has 17 heavy (non-hydrogen) atoms. The predicted molar refractivity (Wildman–Crippen MR) is 65.2 cm³/mol. The number of aliphatic carboxylic acids is 1. The van der Waals surface area contributed by atoms with Crippen LogP contribution in [0.2, 0.25) is 0 Å². The van der Waals surface area contributed by atoms with Crippen molar-refractivity contribution in [3.8, 4) is 0 Å². The Bertz CT molecular complexity index is 395. The van der Waals surface area contributed by atoms with E-state index >= 15 is 0 Å². The Kier molecular flexibility index (Phi) is 4.22. The Labute approximate surface area is 104 Å². The van der Waals surface area contributed by atoms with Crippen molar-refractivity contribution in [2.24, 2.45) is 0 Å². The van der Waals surface area contributed by atoms with Crippen molar-refractivity contribution in [2.75, 3.05) is 6.54 Å². The number of hydrogen-bond acceptors (Lipinski definition) is 4. The van der Waals surface area contributed by atoms with Gasteiger partial charge in [0.05, 0.1) is 11.9 Å². The summed E-state index contributed by atoms with van der Waals surface area (Å²) in [7, 11) is 0. The lowest BCUT2D eigenvalue weighted by molar-refractivity contribution is -0.137. The number of amides is 1. The molecule has 0 aliphatic heterocycles. The van der Waals surface area contributed by atoms with Gasteiger partial charge in [-0.1, -0.05) is 0 Å². The summed E-state index contributed by atoms with van der Waals surface area (Å²) in [6.07, 6.45) is -0.0624. The quantitative estimate of drug-likeness (QED) is 0.892. The fourth-order valence-electron chi connectivity index (χ4n) is 1.41. The lowest BCUT2D eigenvalue weighted by atomic mass is 10.0. The normalized spacial score (nSPS) is 11.2. The van der Waals surface area contributed by atoms with Gasteiger partial charge in [-0.05, 0) is 20.8 Å². The number of carboxylic acids is 1. The first-order valence-electron chi connectivity index (χ1n) is 5.24. The van der Waals surface area contributed by atoms with Crippen molar-refractivity contribution < 1.29 is 14.7 Å². The Morgan fingerprint density at radius 1 is 1.47 bits per heavy atom. The van der Waals surface area contributed by atoms with Gasteiger partial charge >= 0.3 is 5.97 Å². The molecule has 0 radical (unpaired) electrons. The predicted octanol–water partition coefficient (Wildman–Crippen LogP) is 1.86. The molecule has 1 rings (SSSR count). The van der Waals surface area contributed by atoms with Crippen molar-refractivity contribution in [1.29, 1.82) is 0 Å². The van der Waals surface area contributed by atoms with E-state index in [0.717, 1.165) is 0 Å². The third-order valence-corrected chi connectivity index (χ3v) is 2.84. The number of rotatable bonds is 4. The highest BCUT2D eigenvalue weighted by Gasteiger charge is 2.28. The molecule has 0 saturated carbocycles. The van der Waals surface area contributed by atoms with Gasteiger partial charge in [0.2, 0.25) is 0 Å². The lowest BCUT2D eigenvalue weighted by Crippen LogP contribution is -2.46. The average Bonchev–Trinajstić information content (AvgIpc) is 2.67. The molecular formula is C11H16N2O3S. The molecule has 1 heterocycles. The SMILES string of the molecule is CC(C)(C)N(CCC(=O)O)C(=O)c1cscn1. The number of aromatic nitrogens is 1. The molecule has 0 aromatic carbocycles. The molecule has 5 nitrogen and oxygen atoms in total. The van der Waals surface area contributed by atoms with Crippen LogP contribution in [0.1, 0.15) is 37.7 Å². The minimum atomic E-state index is -0.912. The van der Waals surface area contributed by atoms with Crippen LogP contribution in [0.3, 0.4) is 0 Å². The second-order valence-electron chi connectivity index (χ2n) is 4.65. The molecule has 0 aliphatic carbocycles. The Hall–Kier alpha value is -1.43. The lowest BCUT2D eigenvalue weighted by Gasteiger charge is -2.34.